The Morgan fingerprint density at radius 1 is 1.14 bits per heavy atom. The van der Waals surface area contributed by atoms with Crippen molar-refractivity contribution in [2.45, 2.75) is 26.4 Å². The highest BCUT2D eigenvalue weighted by molar-refractivity contribution is 6.00. The number of hydrogen-bond donors (Lipinski definition) is 1. The van der Waals surface area contributed by atoms with Crippen molar-refractivity contribution in [2.24, 2.45) is 5.92 Å². The largest absolute Gasteiger partial charge is 0.497 e. The van der Waals surface area contributed by atoms with Crippen LogP contribution in [0.1, 0.15) is 17.5 Å². The summed E-state index contributed by atoms with van der Waals surface area (Å²) in [5.41, 5.74) is 3.21. The van der Waals surface area contributed by atoms with Gasteiger partial charge in [0.1, 0.15) is 17.5 Å². The predicted molar refractivity (Wildman–Crippen MR) is 139 cm³/mol. The Bertz CT molecular complexity index is 1510. The fraction of sp³-hybridized carbons (Fsp3) is 0.296. The van der Waals surface area contributed by atoms with Crippen LogP contribution in [-0.4, -0.2) is 51.3 Å². The third-order valence-electron chi connectivity index (χ3n) is 6.73. The number of aromatic nitrogens is 4. The summed E-state index contributed by atoms with van der Waals surface area (Å²) in [4.78, 5) is 44.3. The van der Waals surface area contributed by atoms with Gasteiger partial charge in [-0.25, -0.2) is 9.67 Å². The molecular formula is C27H28N6O4. The fourth-order valence-electron chi connectivity index (χ4n) is 4.57. The van der Waals surface area contributed by atoms with Crippen LogP contribution in [0.4, 0.5) is 5.69 Å². The molecular weight excluding hydrogens is 472 g/mol. The number of carbonyl (C=O) groups is 2. The van der Waals surface area contributed by atoms with Gasteiger partial charge in [0.2, 0.25) is 11.8 Å². The topological polar surface area (TPSA) is 111 Å². The van der Waals surface area contributed by atoms with E-state index in [-0.39, 0.29) is 23.8 Å². The molecule has 1 saturated heterocycles. The first kappa shape index (κ1) is 24.2. The van der Waals surface area contributed by atoms with E-state index in [4.69, 9.17) is 4.74 Å². The third-order valence-corrected chi connectivity index (χ3v) is 6.73. The van der Waals surface area contributed by atoms with Gasteiger partial charge in [0.15, 0.2) is 5.65 Å². The van der Waals surface area contributed by atoms with Crippen LogP contribution >= 0.6 is 0 Å². The number of rotatable bonds is 8. The SMILES string of the molecule is COc1ccc(N2CC(C(=O)NCCn3ncc4c(=O)n(Cc5ccccc5C)cnc43)CC2=O)cc1. The van der Waals surface area contributed by atoms with Crippen molar-refractivity contribution in [3.8, 4) is 5.75 Å². The van der Waals surface area contributed by atoms with Crippen LogP contribution in [0.5, 0.6) is 5.75 Å². The van der Waals surface area contributed by atoms with Crippen molar-refractivity contribution >= 4 is 28.5 Å². The zero-order chi connectivity index (χ0) is 25.9. The summed E-state index contributed by atoms with van der Waals surface area (Å²) in [6.07, 6.45) is 3.21. The third kappa shape index (κ3) is 4.95. The second-order valence-corrected chi connectivity index (χ2v) is 9.10. The average Bonchev–Trinajstić information content (AvgIpc) is 3.51. The van der Waals surface area contributed by atoms with Crippen LogP contribution in [0.2, 0.25) is 0 Å². The zero-order valence-corrected chi connectivity index (χ0v) is 20.8. The quantitative estimate of drug-likeness (QED) is 0.397. The second kappa shape index (κ2) is 10.3. The first-order valence-electron chi connectivity index (χ1n) is 12.1. The maximum absolute atomic E-state index is 13.0. The van der Waals surface area contributed by atoms with E-state index in [2.05, 4.69) is 15.4 Å². The van der Waals surface area contributed by atoms with Crippen LogP contribution in [0, 0.1) is 12.8 Å². The molecule has 0 saturated carbocycles. The summed E-state index contributed by atoms with van der Waals surface area (Å²) in [7, 11) is 1.58. The highest BCUT2D eigenvalue weighted by Crippen LogP contribution is 2.27. The maximum atomic E-state index is 13.0. The first-order valence-corrected chi connectivity index (χ1v) is 12.1. The van der Waals surface area contributed by atoms with Gasteiger partial charge in [0, 0.05) is 25.2 Å². The first-order chi connectivity index (χ1) is 17.9. The van der Waals surface area contributed by atoms with Crippen LogP contribution < -0.4 is 20.5 Å². The van der Waals surface area contributed by atoms with Crippen LogP contribution in [0.25, 0.3) is 11.0 Å². The van der Waals surface area contributed by atoms with Crippen LogP contribution in [-0.2, 0) is 22.7 Å². The molecule has 1 aliphatic heterocycles. The lowest BCUT2D eigenvalue weighted by Crippen LogP contribution is -2.35. The summed E-state index contributed by atoms with van der Waals surface area (Å²) in [6, 6.07) is 15.1. The molecule has 1 unspecified atom stereocenters. The number of nitrogens with one attached hydrogen (secondary N) is 1. The molecule has 0 bridgehead atoms. The van der Waals surface area contributed by atoms with E-state index in [1.54, 1.807) is 33.4 Å². The van der Waals surface area contributed by atoms with E-state index in [9.17, 15) is 14.4 Å². The molecule has 1 atom stereocenters. The number of nitrogens with zero attached hydrogens (tertiary/aromatic N) is 5. The van der Waals surface area contributed by atoms with Gasteiger partial charge in [0.05, 0.1) is 32.3 Å². The number of anilines is 1. The molecule has 0 radical (unpaired) electrons. The summed E-state index contributed by atoms with van der Waals surface area (Å²) in [5, 5.41) is 7.63. The Morgan fingerprint density at radius 2 is 1.92 bits per heavy atom. The molecule has 2 aromatic heterocycles. The van der Waals surface area contributed by atoms with Crippen molar-refractivity contribution in [1.29, 1.82) is 0 Å². The Labute approximate surface area is 213 Å². The van der Waals surface area contributed by atoms with Gasteiger partial charge >= 0.3 is 0 Å². The molecule has 2 aromatic carbocycles. The normalized spacial score (nSPS) is 15.4. The van der Waals surface area contributed by atoms with Crippen LogP contribution in [0.3, 0.4) is 0 Å². The number of amides is 2. The lowest BCUT2D eigenvalue weighted by molar-refractivity contribution is -0.126. The number of benzene rings is 2. The molecule has 1 fully saturated rings. The average molecular weight is 501 g/mol. The minimum Gasteiger partial charge on any atom is -0.497 e. The minimum atomic E-state index is -0.435. The number of aryl methyl sites for hydroxylation is 1. The zero-order valence-electron chi connectivity index (χ0n) is 20.8. The fourth-order valence-corrected chi connectivity index (χ4v) is 4.57. The van der Waals surface area contributed by atoms with E-state index in [1.807, 2.05) is 43.3 Å². The molecule has 10 heteroatoms. The van der Waals surface area contributed by atoms with Crippen molar-refractivity contribution in [2.75, 3.05) is 25.1 Å². The highest BCUT2D eigenvalue weighted by Gasteiger charge is 2.35. The monoisotopic (exact) mass is 500 g/mol. The van der Waals surface area contributed by atoms with Crippen molar-refractivity contribution in [3.05, 3.63) is 82.5 Å². The van der Waals surface area contributed by atoms with E-state index in [1.165, 1.54) is 12.5 Å². The Kier molecular flexibility index (Phi) is 6.72. The highest BCUT2D eigenvalue weighted by atomic mass is 16.5. The maximum Gasteiger partial charge on any atom is 0.264 e. The summed E-state index contributed by atoms with van der Waals surface area (Å²) in [6.45, 7) is 3.42. The molecule has 4 aromatic rings. The van der Waals surface area contributed by atoms with Crippen molar-refractivity contribution < 1.29 is 14.3 Å². The van der Waals surface area contributed by atoms with Gasteiger partial charge in [-0.2, -0.15) is 5.10 Å². The molecule has 0 aliphatic carbocycles. The smallest absolute Gasteiger partial charge is 0.264 e. The van der Waals surface area contributed by atoms with Crippen molar-refractivity contribution in [1.82, 2.24) is 24.6 Å². The van der Waals surface area contributed by atoms with Gasteiger partial charge < -0.3 is 15.0 Å². The molecule has 3 heterocycles. The number of carbonyl (C=O) groups excluding carboxylic acids is 2. The standard InChI is InChI=1S/C27H28N6O4/c1-18-5-3-4-6-19(18)15-31-17-29-25-23(27(31)36)14-30-33(25)12-11-28-26(35)20-13-24(34)32(16-20)21-7-9-22(37-2)10-8-21/h3-10,14,17,20H,11-13,15-16H2,1-2H3,(H,28,35). The van der Waals surface area contributed by atoms with Gasteiger partial charge in [-0.1, -0.05) is 24.3 Å². The molecule has 10 nitrogen and oxygen atoms in total. The number of ether oxygens (including phenoxy) is 1. The summed E-state index contributed by atoms with van der Waals surface area (Å²) >= 11 is 0. The minimum absolute atomic E-state index is 0.0884. The van der Waals surface area contributed by atoms with E-state index in [0.717, 1.165) is 16.8 Å². The lowest BCUT2D eigenvalue weighted by Gasteiger charge is -2.17. The Morgan fingerprint density at radius 3 is 2.68 bits per heavy atom. The van der Waals surface area contributed by atoms with Crippen molar-refractivity contribution in [3.63, 3.8) is 0 Å². The molecule has 5 rings (SSSR count). The van der Waals surface area contributed by atoms with Gasteiger partial charge in [-0.3, -0.25) is 19.0 Å². The molecule has 0 spiro atoms. The number of fused-ring (bicyclic) bond motifs is 1. The summed E-state index contributed by atoms with van der Waals surface area (Å²) < 4.78 is 8.35. The van der Waals surface area contributed by atoms with E-state index < -0.39 is 5.92 Å². The number of methoxy groups -OCH3 is 1. The molecule has 190 valence electrons. The molecule has 2 amide bonds. The van der Waals surface area contributed by atoms with Crippen LogP contribution in [0.15, 0.2) is 65.8 Å². The Hall–Kier alpha value is -4.47. The van der Waals surface area contributed by atoms with E-state index in [0.29, 0.717) is 43.0 Å². The van der Waals surface area contributed by atoms with Gasteiger partial charge in [0.25, 0.3) is 5.56 Å². The van der Waals surface area contributed by atoms with Gasteiger partial charge in [-0.15, -0.1) is 0 Å². The number of hydrogen-bond acceptors (Lipinski definition) is 6. The second-order valence-electron chi connectivity index (χ2n) is 9.10. The van der Waals surface area contributed by atoms with Gasteiger partial charge in [-0.05, 0) is 42.3 Å². The molecule has 1 aliphatic rings. The molecule has 37 heavy (non-hydrogen) atoms. The summed E-state index contributed by atoms with van der Waals surface area (Å²) in [5.74, 6) is -0.00444. The van der Waals surface area contributed by atoms with E-state index >= 15 is 0 Å². The Balaban J connectivity index is 1.19. The molecule has 1 N–H and O–H groups in total. The lowest BCUT2D eigenvalue weighted by atomic mass is 10.1. The predicted octanol–water partition coefficient (Wildman–Crippen LogP) is 2.13.